The average molecular weight is 1040 g/mol. The molecule has 0 spiro atoms. The van der Waals surface area contributed by atoms with Crippen LogP contribution in [0.15, 0.2) is 103 Å². The number of methoxy groups -OCH3 is 2. The molecule has 9 heteroatoms. The molecule has 76 heavy (non-hydrogen) atoms. The van der Waals surface area contributed by atoms with Crippen molar-refractivity contribution in [1.29, 1.82) is 0 Å². The van der Waals surface area contributed by atoms with Crippen LogP contribution in [-0.2, 0) is 51.2 Å². The van der Waals surface area contributed by atoms with Crippen LogP contribution in [0.4, 0.5) is 0 Å². The number of carbonyl (C=O) groups is 2. The van der Waals surface area contributed by atoms with E-state index in [9.17, 15) is 9.59 Å². The summed E-state index contributed by atoms with van der Waals surface area (Å²) in [5.74, 6) is -0.395. The van der Waals surface area contributed by atoms with Gasteiger partial charge < -0.3 is 34.1 Å². The van der Waals surface area contributed by atoms with Crippen molar-refractivity contribution in [2.24, 2.45) is 0 Å². The van der Waals surface area contributed by atoms with Gasteiger partial charge in [-0.1, -0.05) is 126 Å². The summed E-state index contributed by atoms with van der Waals surface area (Å²) < 4.78 is 30.5. The Hall–Kier alpha value is -5.32. The molecule has 2 aliphatic carbocycles. The molecule has 5 aromatic carbocycles. The zero-order chi connectivity index (χ0) is 54.7. The van der Waals surface area contributed by atoms with Gasteiger partial charge in [0.25, 0.3) is 0 Å². The minimum Gasteiger partial charge on any atom is -0.494 e. The van der Waals surface area contributed by atoms with Crippen LogP contribution in [0.1, 0.15) is 184 Å². The molecule has 5 unspecified atom stereocenters. The molecule has 0 aromatic heterocycles. The number of ether oxygens (including phenoxy) is 5. The second kappa shape index (κ2) is 25.9. The van der Waals surface area contributed by atoms with Crippen LogP contribution in [0, 0.1) is 0 Å². The molecule has 0 bridgehead atoms. The third-order valence-electron chi connectivity index (χ3n) is 17.3. The molecule has 5 atom stereocenters. The van der Waals surface area contributed by atoms with Gasteiger partial charge in [-0.05, 0) is 177 Å². The summed E-state index contributed by atoms with van der Waals surface area (Å²) in [6, 6.07) is 39.4. The summed E-state index contributed by atoms with van der Waals surface area (Å²) in [5, 5.41) is 11.7. The summed E-state index contributed by atoms with van der Waals surface area (Å²) in [4.78, 5) is 22.7. The highest BCUT2D eigenvalue weighted by atomic mass is 16.5. The lowest BCUT2D eigenvalue weighted by molar-refractivity contribution is -0.138. The number of nitrogens with one attached hydrogen (secondary N) is 1. The molecule has 2 aliphatic rings. The van der Waals surface area contributed by atoms with Gasteiger partial charge in [0.15, 0.2) is 0 Å². The molecule has 0 aliphatic heterocycles. The number of carboxylic acids is 1. The molecule has 0 saturated carbocycles. The van der Waals surface area contributed by atoms with Gasteiger partial charge in [0, 0.05) is 50.0 Å². The SMILES string of the molecule is CCC(C)(CCCC1(CCCC(C)OCC(C)OC)c2cc(C(C)(C)c3ccc(OCCCCNC(=O)CCC(=O)O)cc3)ccc2-c2ccc(C(C)(C)c3ccc4c(c3)Cc3ccccc3-4)cc21)OCCC(C)OC. The molecule has 2 N–H and O–H groups in total. The smallest absolute Gasteiger partial charge is 0.303 e. The van der Waals surface area contributed by atoms with Gasteiger partial charge in [0.1, 0.15) is 5.75 Å². The molecule has 1 amide bonds. The van der Waals surface area contributed by atoms with Crippen molar-refractivity contribution in [3.8, 4) is 28.0 Å². The summed E-state index contributed by atoms with van der Waals surface area (Å²) in [5.41, 5.74) is 15.1. The fourth-order valence-corrected chi connectivity index (χ4v) is 11.6. The highest BCUT2D eigenvalue weighted by molar-refractivity contribution is 5.83. The van der Waals surface area contributed by atoms with E-state index in [-0.39, 0.29) is 58.9 Å². The number of carbonyl (C=O) groups excluding carboxylic acids is 1. The van der Waals surface area contributed by atoms with Gasteiger partial charge in [-0.25, -0.2) is 0 Å². The lowest BCUT2D eigenvalue weighted by atomic mass is 9.67. The molecule has 0 saturated heterocycles. The predicted molar refractivity (Wildman–Crippen MR) is 308 cm³/mol. The fourth-order valence-electron chi connectivity index (χ4n) is 11.6. The van der Waals surface area contributed by atoms with Crippen LogP contribution in [-0.4, -0.2) is 81.5 Å². The number of hydrogen-bond donors (Lipinski definition) is 2. The van der Waals surface area contributed by atoms with E-state index in [0.29, 0.717) is 26.4 Å². The molecule has 9 nitrogen and oxygen atoms in total. The fraction of sp³-hybridized carbons (Fsp3) is 0.522. The van der Waals surface area contributed by atoms with Crippen molar-refractivity contribution >= 4 is 11.9 Å². The maximum absolute atomic E-state index is 11.9. The second-order valence-corrected chi connectivity index (χ2v) is 23.3. The summed E-state index contributed by atoms with van der Waals surface area (Å²) in [6.45, 7) is 22.7. The molecule has 5 aromatic rings. The third-order valence-corrected chi connectivity index (χ3v) is 17.3. The first kappa shape index (κ1) is 58.4. The first-order valence-electron chi connectivity index (χ1n) is 28.4. The normalized spacial score (nSPS) is 16.7. The van der Waals surface area contributed by atoms with E-state index >= 15 is 0 Å². The van der Waals surface area contributed by atoms with Gasteiger partial charge in [-0.2, -0.15) is 0 Å². The zero-order valence-electron chi connectivity index (χ0n) is 47.9. The van der Waals surface area contributed by atoms with Gasteiger partial charge in [0.05, 0.1) is 43.5 Å². The second-order valence-electron chi connectivity index (χ2n) is 23.3. The number of benzene rings is 5. The minimum atomic E-state index is -0.968. The zero-order valence-corrected chi connectivity index (χ0v) is 47.9. The molecule has 0 fully saturated rings. The Morgan fingerprint density at radius 2 is 1.22 bits per heavy atom. The number of fused-ring (bicyclic) bond motifs is 6. The number of unbranched alkanes of at least 4 members (excludes halogenated alkanes) is 1. The number of rotatable bonds is 31. The van der Waals surface area contributed by atoms with Crippen LogP contribution < -0.4 is 10.1 Å². The molecule has 410 valence electrons. The Balaban J connectivity index is 1.22. The lowest BCUT2D eigenvalue weighted by Crippen LogP contribution is -2.32. The predicted octanol–water partition coefficient (Wildman–Crippen LogP) is 14.7. The number of carboxylic acid groups (broad SMARTS) is 1. The molecule has 7 rings (SSSR count). The summed E-state index contributed by atoms with van der Waals surface area (Å²) >= 11 is 0. The Morgan fingerprint density at radius 1 is 0.632 bits per heavy atom. The van der Waals surface area contributed by atoms with Crippen LogP contribution in [0.25, 0.3) is 22.3 Å². The highest BCUT2D eigenvalue weighted by Gasteiger charge is 2.45. The monoisotopic (exact) mass is 1040 g/mol. The maximum atomic E-state index is 11.9. The standard InChI is InChI=1S/C67H89NO8/c1-12-66(9,76-40-34-46(2)72-10)35-18-37-67(36-17-19-47(3)75-45-48(4)73-11)60-43-53(64(5,6)51-22-27-55(28-23-51)74-39-16-15-38-68-62(69)32-33-63(70)71)25-30-58(60)59-31-26-54(44-61(59)67)65(7,8)52-24-29-57-50(42-52)41-49-20-13-14-21-56(49)57/h13-14,20-31,42-44,46-48H,12,15-19,32-41,45H2,1-11H3,(H,68,69)(H,70,71). The lowest BCUT2D eigenvalue weighted by Gasteiger charge is -2.37. The molecular formula is C67H89NO8. The number of hydrogen-bond acceptors (Lipinski definition) is 7. The Labute approximate surface area is 455 Å². The van der Waals surface area contributed by atoms with Gasteiger partial charge >= 0.3 is 5.97 Å². The molecule has 0 heterocycles. The van der Waals surface area contributed by atoms with Crippen molar-refractivity contribution in [2.75, 3.05) is 40.6 Å². The average Bonchev–Trinajstić information content (AvgIpc) is 4.01. The van der Waals surface area contributed by atoms with Crippen molar-refractivity contribution < 1.29 is 38.4 Å². The first-order valence-corrected chi connectivity index (χ1v) is 28.4. The Morgan fingerprint density at radius 3 is 1.87 bits per heavy atom. The van der Waals surface area contributed by atoms with E-state index in [1.165, 1.54) is 66.8 Å². The van der Waals surface area contributed by atoms with Crippen LogP contribution in [0.3, 0.4) is 0 Å². The van der Waals surface area contributed by atoms with Crippen molar-refractivity contribution in [3.63, 3.8) is 0 Å². The van der Waals surface area contributed by atoms with E-state index in [4.69, 9.17) is 28.8 Å². The highest BCUT2D eigenvalue weighted by Crippen LogP contribution is 2.56. The summed E-state index contributed by atoms with van der Waals surface area (Å²) in [7, 11) is 3.52. The summed E-state index contributed by atoms with van der Waals surface area (Å²) in [6.07, 6.45) is 10.3. The Kier molecular flexibility index (Phi) is 19.9. The van der Waals surface area contributed by atoms with Crippen LogP contribution in [0.2, 0.25) is 0 Å². The van der Waals surface area contributed by atoms with Crippen LogP contribution >= 0.6 is 0 Å². The van der Waals surface area contributed by atoms with E-state index in [2.05, 4.69) is 171 Å². The van der Waals surface area contributed by atoms with E-state index in [0.717, 1.165) is 76.4 Å². The Bertz CT molecular complexity index is 2730. The largest absolute Gasteiger partial charge is 0.494 e. The maximum Gasteiger partial charge on any atom is 0.303 e. The van der Waals surface area contributed by atoms with E-state index < -0.39 is 5.97 Å². The van der Waals surface area contributed by atoms with Gasteiger partial charge in [0.2, 0.25) is 5.91 Å². The molecule has 0 radical (unpaired) electrons. The third kappa shape index (κ3) is 13.9. The number of aliphatic carboxylic acids is 1. The molecular weight excluding hydrogens is 947 g/mol. The first-order chi connectivity index (χ1) is 36.3. The quantitative estimate of drug-likeness (QED) is 0.0414. The topological polar surface area (TPSA) is 113 Å². The van der Waals surface area contributed by atoms with E-state index in [1.807, 2.05) is 0 Å². The minimum absolute atomic E-state index is 0.00403. The van der Waals surface area contributed by atoms with Crippen molar-refractivity contribution in [2.45, 2.75) is 186 Å². The van der Waals surface area contributed by atoms with Gasteiger partial charge in [-0.15, -0.1) is 0 Å². The number of amides is 1. The van der Waals surface area contributed by atoms with Crippen LogP contribution in [0.5, 0.6) is 5.75 Å². The van der Waals surface area contributed by atoms with E-state index in [1.54, 1.807) is 14.2 Å². The van der Waals surface area contributed by atoms with Gasteiger partial charge in [-0.3, -0.25) is 9.59 Å². The van der Waals surface area contributed by atoms with Crippen molar-refractivity contribution in [3.05, 3.63) is 148 Å². The van der Waals surface area contributed by atoms with Crippen molar-refractivity contribution in [1.82, 2.24) is 5.32 Å².